The van der Waals surface area contributed by atoms with E-state index < -0.39 is 5.92 Å². The normalized spacial score (nSPS) is 22.8. The van der Waals surface area contributed by atoms with E-state index in [4.69, 9.17) is 14.8 Å². The van der Waals surface area contributed by atoms with Crippen LogP contribution < -0.4 is 4.74 Å². The van der Waals surface area contributed by atoms with Crippen LogP contribution in [0.4, 0.5) is 0 Å². The molecule has 1 amide bonds. The van der Waals surface area contributed by atoms with E-state index in [9.17, 15) is 4.79 Å². The fourth-order valence-electron chi connectivity index (χ4n) is 3.85. The Morgan fingerprint density at radius 1 is 1.23 bits per heavy atom. The summed E-state index contributed by atoms with van der Waals surface area (Å²) in [4.78, 5) is 26.0. The van der Waals surface area contributed by atoms with Crippen molar-refractivity contribution in [2.45, 2.75) is 52.0 Å². The number of pyridine rings is 1. The third kappa shape index (κ3) is 2.81. The second-order valence-electron chi connectivity index (χ2n) is 6.71. The van der Waals surface area contributed by atoms with Crippen LogP contribution in [0.3, 0.4) is 0 Å². The van der Waals surface area contributed by atoms with Gasteiger partial charge in [0.25, 0.3) is 5.91 Å². The van der Waals surface area contributed by atoms with Crippen molar-refractivity contribution in [1.82, 2.24) is 9.99 Å². The predicted octanol–water partition coefficient (Wildman–Crippen LogP) is 2.81. The van der Waals surface area contributed by atoms with Crippen molar-refractivity contribution >= 4 is 23.3 Å². The molecule has 1 fully saturated rings. The lowest BCUT2D eigenvalue weighted by atomic mass is 9.98. The van der Waals surface area contributed by atoms with E-state index in [1.54, 1.807) is 18.5 Å². The number of rotatable bonds is 5. The molecule has 26 heavy (non-hydrogen) atoms. The first-order valence-corrected chi connectivity index (χ1v) is 9.37. The quantitative estimate of drug-likeness (QED) is 0.815. The van der Waals surface area contributed by atoms with Gasteiger partial charge in [0.05, 0.1) is 30.1 Å². The highest BCUT2D eigenvalue weighted by Gasteiger charge is 2.44. The summed E-state index contributed by atoms with van der Waals surface area (Å²) in [5, 5.41) is 6.74. The zero-order chi connectivity index (χ0) is 18.1. The van der Waals surface area contributed by atoms with Crippen molar-refractivity contribution in [1.29, 1.82) is 0 Å². The smallest absolute Gasteiger partial charge is 0.264 e. The van der Waals surface area contributed by atoms with E-state index in [0.717, 1.165) is 30.8 Å². The van der Waals surface area contributed by atoms with Gasteiger partial charge >= 0.3 is 0 Å². The molecule has 3 heterocycles. The van der Waals surface area contributed by atoms with E-state index in [-0.39, 0.29) is 5.91 Å². The van der Waals surface area contributed by atoms with Crippen molar-refractivity contribution in [3.63, 3.8) is 0 Å². The third-order valence-electron chi connectivity index (χ3n) is 5.10. The first kappa shape index (κ1) is 16.9. The number of amides is 1. The molecule has 0 saturated heterocycles. The summed E-state index contributed by atoms with van der Waals surface area (Å²) in [6.45, 7) is 4.44. The molecule has 0 radical (unpaired) electrons. The molecular formula is C19H23N5O2. The van der Waals surface area contributed by atoms with Crippen LogP contribution >= 0.6 is 0 Å². The fourth-order valence-corrected chi connectivity index (χ4v) is 3.85. The van der Waals surface area contributed by atoms with Gasteiger partial charge in [-0.3, -0.25) is 9.78 Å². The summed E-state index contributed by atoms with van der Waals surface area (Å²) >= 11 is 0. The number of hydrogen-bond acceptors (Lipinski definition) is 6. The van der Waals surface area contributed by atoms with Gasteiger partial charge < -0.3 is 4.74 Å². The van der Waals surface area contributed by atoms with E-state index in [1.807, 2.05) is 18.9 Å². The van der Waals surface area contributed by atoms with Crippen LogP contribution in [0.2, 0.25) is 0 Å². The topological polar surface area (TPSA) is 79.5 Å². The lowest BCUT2D eigenvalue weighted by Gasteiger charge is -2.25. The van der Waals surface area contributed by atoms with Gasteiger partial charge in [-0.2, -0.15) is 10.1 Å². The molecule has 7 nitrogen and oxygen atoms in total. The number of hydrogen-bond donors (Lipinski definition) is 0. The summed E-state index contributed by atoms with van der Waals surface area (Å²) in [5.41, 5.74) is 1.56. The van der Waals surface area contributed by atoms with Crippen LogP contribution in [-0.2, 0) is 4.79 Å². The zero-order valence-electron chi connectivity index (χ0n) is 15.2. The average molecular weight is 353 g/mol. The van der Waals surface area contributed by atoms with Gasteiger partial charge in [-0.15, -0.1) is 0 Å². The number of ether oxygens (including phenoxy) is 1. The Bertz CT molecular complexity index is 808. The molecule has 1 aromatic heterocycles. The Labute approximate surface area is 152 Å². The molecule has 7 heteroatoms. The van der Waals surface area contributed by atoms with Crippen LogP contribution in [0.25, 0.3) is 0 Å². The number of aromatic nitrogens is 1. The SMILES string of the molecule is CCOc1cnccc1C1=NC(=O)C2C(CC)=NN(C3CCCC3)C2=N1. The fraction of sp³-hybridized carbons (Fsp3) is 0.526. The summed E-state index contributed by atoms with van der Waals surface area (Å²) in [6, 6.07) is 2.12. The zero-order valence-corrected chi connectivity index (χ0v) is 15.2. The second-order valence-corrected chi connectivity index (χ2v) is 6.71. The number of fused-ring (bicyclic) bond motifs is 1. The lowest BCUT2D eigenvalue weighted by molar-refractivity contribution is -0.118. The van der Waals surface area contributed by atoms with Crippen LogP contribution in [-0.4, -0.2) is 45.9 Å². The number of nitrogens with zero attached hydrogens (tertiary/aromatic N) is 5. The maximum Gasteiger partial charge on any atom is 0.264 e. The van der Waals surface area contributed by atoms with Gasteiger partial charge in [0.15, 0.2) is 5.84 Å². The lowest BCUT2D eigenvalue weighted by Crippen LogP contribution is -2.40. The molecule has 1 aromatic rings. The molecule has 2 aliphatic heterocycles. The highest BCUT2D eigenvalue weighted by atomic mass is 16.5. The number of amidine groups is 2. The molecule has 136 valence electrons. The maximum atomic E-state index is 12.8. The Morgan fingerprint density at radius 2 is 2.04 bits per heavy atom. The average Bonchev–Trinajstić information content (AvgIpc) is 3.30. The summed E-state index contributed by atoms with van der Waals surface area (Å²) in [6.07, 6.45) is 8.60. The molecule has 1 aliphatic carbocycles. The van der Waals surface area contributed by atoms with Crippen LogP contribution in [0.1, 0.15) is 51.5 Å². The molecule has 0 bridgehead atoms. The van der Waals surface area contributed by atoms with Crippen molar-refractivity contribution in [3.8, 4) is 5.75 Å². The number of aliphatic imine (C=N–C) groups is 2. The first-order chi connectivity index (χ1) is 12.7. The minimum absolute atomic E-state index is 0.189. The van der Waals surface area contributed by atoms with Gasteiger partial charge in [-0.05, 0) is 32.3 Å². The van der Waals surface area contributed by atoms with Gasteiger partial charge in [0.2, 0.25) is 0 Å². The second kappa shape index (κ2) is 6.97. The summed E-state index contributed by atoms with van der Waals surface area (Å²) in [7, 11) is 0. The van der Waals surface area contributed by atoms with Crippen molar-refractivity contribution in [2.75, 3.05) is 6.61 Å². The molecule has 4 rings (SSSR count). The number of carbonyl (C=O) groups excluding carboxylic acids is 1. The monoisotopic (exact) mass is 353 g/mol. The first-order valence-electron chi connectivity index (χ1n) is 9.37. The van der Waals surface area contributed by atoms with Crippen LogP contribution in [0.5, 0.6) is 5.75 Å². The van der Waals surface area contributed by atoms with Crippen molar-refractivity contribution < 1.29 is 9.53 Å². The molecule has 1 unspecified atom stereocenters. The Kier molecular flexibility index (Phi) is 4.53. The van der Waals surface area contributed by atoms with Crippen molar-refractivity contribution in [2.24, 2.45) is 21.0 Å². The summed E-state index contributed by atoms with van der Waals surface area (Å²) < 4.78 is 5.64. The van der Waals surface area contributed by atoms with E-state index in [1.165, 1.54) is 12.8 Å². The molecule has 1 atom stereocenters. The van der Waals surface area contributed by atoms with E-state index in [0.29, 0.717) is 29.8 Å². The maximum absolute atomic E-state index is 12.8. The number of hydrazone groups is 1. The van der Waals surface area contributed by atoms with E-state index in [2.05, 4.69) is 9.98 Å². The molecule has 1 saturated carbocycles. The Morgan fingerprint density at radius 3 is 2.77 bits per heavy atom. The third-order valence-corrected chi connectivity index (χ3v) is 5.10. The molecule has 0 spiro atoms. The Hall–Kier alpha value is -2.57. The highest BCUT2D eigenvalue weighted by Crippen LogP contribution is 2.33. The summed E-state index contributed by atoms with van der Waals surface area (Å²) in [5.74, 6) is 1.09. The van der Waals surface area contributed by atoms with Gasteiger partial charge in [0.1, 0.15) is 17.5 Å². The molecule has 0 aromatic carbocycles. The van der Waals surface area contributed by atoms with E-state index >= 15 is 0 Å². The van der Waals surface area contributed by atoms with Gasteiger partial charge in [0, 0.05) is 6.20 Å². The van der Waals surface area contributed by atoms with Gasteiger partial charge in [-0.1, -0.05) is 19.8 Å². The molecule has 0 N–H and O–H groups in total. The minimum Gasteiger partial charge on any atom is -0.491 e. The molecule has 3 aliphatic rings. The Balaban J connectivity index is 1.74. The largest absolute Gasteiger partial charge is 0.491 e. The van der Waals surface area contributed by atoms with Crippen LogP contribution in [0, 0.1) is 5.92 Å². The minimum atomic E-state index is -0.429. The molecular weight excluding hydrogens is 330 g/mol. The predicted molar refractivity (Wildman–Crippen MR) is 99.7 cm³/mol. The van der Waals surface area contributed by atoms with Gasteiger partial charge in [-0.25, -0.2) is 10.0 Å². The standard InChI is InChI=1S/C19H23N5O2/c1-3-14-16-18(24(23-14)12-7-5-6-8-12)21-17(22-19(16)25)13-9-10-20-11-15(13)26-4-2/h9-12,16H,3-8H2,1-2H3. The number of carbonyl (C=O) groups is 1. The highest BCUT2D eigenvalue weighted by molar-refractivity contribution is 6.31. The van der Waals surface area contributed by atoms with Crippen LogP contribution in [0.15, 0.2) is 33.5 Å². The van der Waals surface area contributed by atoms with Crippen molar-refractivity contribution in [3.05, 3.63) is 24.0 Å².